The van der Waals surface area contributed by atoms with E-state index in [0.29, 0.717) is 26.2 Å². The van der Waals surface area contributed by atoms with Gasteiger partial charge in [0, 0.05) is 50.4 Å². The Kier molecular flexibility index (Phi) is 16.9. The van der Waals surface area contributed by atoms with Crippen LogP contribution in [0.3, 0.4) is 0 Å². The van der Waals surface area contributed by atoms with Crippen LogP contribution in [0.4, 0.5) is 0 Å². The number of benzene rings is 2. The van der Waals surface area contributed by atoms with Gasteiger partial charge in [0.25, 0.3) is 32.9 Å². The molecule has 0 spiro atoms. The number of hydrogen-bond acceptors (Lipinski definition) is 14. The molecule has 0 saturated carbocycles. The largest absolute Gasteiger partial charge is 0.630 e. The Morgan fingerprint density at radius 3 is 0.955 bits per heavy atom. The van der Waals surface area contributed by atoms with Gasteiger partial charge in [-0.1, -0.05) is 60.7 Å². The number of unbranched alkanes of at least 4 members (excludes halogenated alkanes) is 1. The molecule has 4 fully saturated rings. The van der Waals surface area contributed by atoms with Crippen molar-refractivity contribution in [3.63, 3.8) is 0 Å². The topological polar surface area (TPSA) is 150 Å². The molecule has 4 aliphatic heterocycles. The summed E-state index contributed by atoms with van der Waals surface area (Å²) in [4.78, 5) is 29.0. The summed E-state index contributed by atoms with van der Waals surface area (Å²) in [5.74, 6) is -1.24. The molecule has 2 aromatic rings. The van der Waals surface area contributed by atoms with Gasteiger partial charge in [0.1, 0.15) is 22.4 Å². The van der Waals surface area contributed by atoms with Crippen molar-refractivity contribution in [3.8, 4) is 0 Å². The highest BCUT2D eigenvalue weighted by atomic mass is 31.2. The Hall–Kier alpha value is -0.400. The van der Waals surface area contributed by atoms with Crippen molar-refractivity contribution >= 4 is 32.9 Å². The summed E-state index contributed by atoms with van der Waals surface area (Å²) in [6.45, 7) is 36.3. The lowest BCUT2D eigenvalue weighted by atomic mass is 9.90. The second-order valence-electron chi connectivity index (χ2n) is 22.2. The summed E-state index contributed by atoms with van der Waals surface area (Å²) < 4.78 is 56.6. The van der Waals surface area contributed by atoms with E-state index in [0.717, 1.165) is 49.9 Å². The number of rotatable bonds is 21. The highest BCUT2D eigenvalue weighted by Gasteiger charge is 2.65. The standard InChI is InChI=1S/C48H82N4O10P4/c1-41(2)42(3,4)56-63(55-41)51(35-25-31-49-39(37-27-19-17-20-28-37)65(53)59-45(9,10)46(11,12)60-65)33-23-24-34-52(64-57-43(5,6)44(7,8)58-64)36-26-32-50-40(38-29-21-18-22-30-38)66(54)61-47(13,14)48(15,16)62-66/h17-22,27-30,39-40,49-50H,23-26,31-36H2,1-16H3. The van der Waals surface area contributed by atoms with Crippen LogP contribution in [0.1, 0.15) is 159 Å². The second kappa shape index (κ2) is 20.2. The summed E-state index contributed by atoms with van der Waals surface area (Å²) in [5, 5.41) is 7.17. The molecule has 4 aliphatic rings. The van der Waals surface area contributed by atoms with Gasteiger partial charge in [-0.15, -0.1) is 0 Å². The van der Waals surface area contributed by atoms with Crippen molar-refractivity contribution in [2.75, 3.05) is 39.3 Å². The first-order valence-corrected chi connectivity index (χ1v) is 29.3. The third-order valence-electron chi connectivity index (χ3n) is 14.7. The molecule has 4 saturated heterocycles. The van der Waals surface area contributed by atoms with Crippen LogP contribution in [-0.2, 0) is 36.2 Å². The molecule has 374 valence electrons. The van der Waals surface area contributed by atoms with E-state index in [2.05, 4.69) is 75.4 Å². The molecule has 0 amide bonds. The monoisotopic (exact) mass is 998 g/mol. The lowest BCUT2D eigenvalue weighted by molar-refractivity contribution is -0.217. The molecule has 4 heterocycles. The molecular weight excluding hydrogens is 916 g/mol. The number of hydrogen-bond donors (Lipinski definition) is 2. The fourth-order valence-electron chi connectivity index (χ4n) is 7.68. The fraction of sp³-hybridized carbons (Fsp3) is 0.750. The van der Waals surface area contributed by atoms with Gasteiger partial charge in [-0.05, 0) is 136 Å². The first-order valence-electron chi connectivity index (χ1n) is 23.8. The first kappa shape index (κ1) is 54.9. The SMILES string of the molecule is CC1(C)OP(N(CCCCN(CCCNC(c2ccccc2)[P+]2([O-])OC(C)(C)C(C)(C)O2)P2OC(C)(C)C(C)(C)O2)CCCNC(c2ccccc2)[P+]2([O-])OC(C)(C)C(C)(C)O2)OC1(C)C. The van der Waals surface area contributed by atoms with Crippen LogP contribution in [0.5, 0.6) is 0 Å². The lowest BCUT2D eigenvalue weighted by Crippen LogP contribution is -2.41. The third-order valence-corrected chi connectivity index (χ3v) is 24.0. The van der Waals surface area contributed by atoms with Crippen molar-refractivity contribution in [2.45, 2.75) is 193 Å². The zero-order chi connectivity index (χ0) is 48.8. The highest BCUT2D eigenvalue weighted by molar-refractivity contribution is 7.60. The van der Waals surface area contributed by atoms with Gasteiger partial charge in [0.15, 0.2) is 11.6 Å². The van der Waals surface area contributed by atoms with E-state index < -0.39 is 89.3 Å². The summed E-state index contributed by atoms with van der Waals surface area (Å²) in [5.41, 5.74) is -3.07. The summed E-state index contributed by atoms with van der Waals surface area (Å²) in [6, 6.07) is 19.6. The molecule has 2 N–H and O–H groups in total. The van der Waals surface area contributed by atoms with E-state index in [1.54, 1.807) is 0 Å². The van der Waals surface area contributed by atoms with E-state index in [9.17, 15) is 9.79 Å². The van der Waals surface area contributed by atoms with E-state index >= 15 is 0 Å². The van der Waals surface area contributed by atoms with Crippen LogP contribution in [0, 0.1) is 0 Å². The van der Waals surface area contributed by atoms with Crippen LogP contribution >= 0.6 is 32.9 Å². The Bertz CT molecular complexity index is 1710. The average molecular weight is 999 g/mol. The molecule has 2 unspecified atom stereocenters. The Balaban J connectivity index is 1.11. The van der Waals surface area contributed by atoms with Gasteiger partial charge >= 0.3 is 0 Å². The number of nitrogens with one attached hydrogen (secondary N) is 2. The van der Waals surface area contributed by atoms with Crippen LogP contribution < -0.4 is 20.4 Å². The zero-order valence-electron chi connectivity index (χ0n) is 42.8. The van der Waals surface area contributed by atoms with E-state index in [1.165, 1.54) is 0 Å². The van der Waals surface area contributed by atoms with E-state index in [-0.39, 0.29) is 0 Å². The first-order chi connectivity index (χ1) is 30.4. The fourth-order valence-corrected chi connectivity index (χ4v) is 17.6. The smallest absolute Gasteiger partial charge is 0.261 e. The second-order valence-corrected chi connectivity index (χ2v) is 29.0. The summed E-state index contributed by atoms with van der Waals surface area (Å²) in [6.07, 6.45) is 3.27. The van der Waals surface area contributed by atoms with Gasteiger partial charge in [-0.3, -0.25) is 10.6 Å². The highest BCUT2D eigenvalue weighted by Crippen LogP contribution is 2.75. The summed E-state index contributed by atoms with van der Waals surface area (Å²) in [7, 11) is -9.86. The van der Waals surface area contributed by atoms with E-state index in [4.69, 9.17) is 36.2 Å². The van der Waals surface area contributed by atoms with Gasteiger partial charge in [-0.25, -0.2) is 27.4 Å². The summed E-state index contributed by atoms with van der Waals surface area (Å²) >= 11 is 0. The minimum atomic E-state index is -3.59. The predicted molar refractivity (Wildman–Crippen MR) is 265 cm³/mol. The Morgan fingerprint density at radius 1 is 0.424 bits per heavy atom. The maximum atomic E-state index is 14.5. The van der Waals surface area contributed by atoms with Gasteiger partial charge in [0.05, 0.1) is 22.4 Å². The maximum absolute atomic E-state index is 14.5. The quantitative estimate of drug-likeness (QED) is 0.0902. The molecular formula is C48H82N4O10P4. The van der Waals surface area contributed by atoms with Gasteiger partial charge in [-0.2, -0.15) is 0 Å². The van der Waals surface area contributed by atoms with Crippen molar-refractivity contribution in [2.24, 2.45) is 0 Å². The minimum absolute atomic E-state index is 0.469. The minimum Gasteiger partial charge on any atom is -0.630 e. The normalized spacial score (nSPS) is 26.3. The van der Waals surface area contributed by atoms with Crippen LogP contribution in [-0.4, -0.2) is 93.4 Å². The van der Waals surface area contributed by atoms with Crippen LogP contribution in [0.25, 0.3) is 0 Å². The molecule has 2 atom stereocenters. The van der Waals surface area contributed by atoms with Crippen LogP contribution in [0.15, 0.2) is 60.7 Å². The Labute approximate surface area is 401 Å². The lowest BCUT2D eigenvalue weighted by Gasteiger charge is -2.32. The van der Waals surface area contributed by atoms with E-state index in [1.807, 2.05) is 116 Å². The molecule has 6 rings (SSSR count). The third kappa shape index (κ3) is 11.9. The molecule has 66 heavy (non-hydrogen) atoms. The van der Waals surface area contributed by atoms with Crippen molar-refractivity contribution in [1.29, 1.82) is 0 Å². The maximum Gasteiger partial charge on any atom is 0.261 e. The molecule has 0 aliphatic carbocycles. The average Bonchev–Trinajstić information content (AvgIpc) is 3.70. The molecule has 2 aromatic carbocycles. The Morgan fingerprint density at radius 2 is 0.682 bits per heavy atom. The van der Waals surface area contributed by atoms with Crippen molar-refractivity contribution < 1.29 is 46.0 Å². The van der Waals surface area contributed by atoms with Crippen molar-refractivity contribution in [3.05, 3.63) is 71.8 Å². The molecule has 18 heteroatoms. The molecule has 0 bridgehead atoms. The zero-order valence-corrected chi connectivity index (χ0v) is 46.3. The van der Waals surface area contributed by atoms with Gasteiger partial charge in [0.2, 0.25) is 0 Å². The molecule has 0 aromatic heterocycles. The van der Waals surface area contributed by atoms with Crippen molar-refractivity contribution in [1.82, 2.24) is 20.0 Å². The molecule has 14 nitrogen and oxygen atoms in total. The van der Waals surface area contributed by atoms with Gasteiger partial charge < -0.3 is 27.9 Å². The predicted octanol–water partition coefficient (Wildman–Crippen LogP) is 10.8. The van der Waals surface area contributed by atoms with Crippen LogP contribution in [0.2, 0.25) is 0 Å². The molecule has 0 radical (unpaired) electrons. The number of nitrogens with zero attached hydrogens (tertiary/aromatic N) is 2.